The highest BCUT2D eigenvalue weighted by Gasteiger charge is 2.59. The molecular weight excluding hydrogens is 496 g/mol. The van der Waals surface area contributed by atoms with Crippen molar-refractivity contribution in [1.29, 1.82) is 5.26 Å². The third kappa shape index (κ3) is 3.33. The number of nitriles is 1. The Morgan fingerprint density at radius 2 is 2.03 bits per heavy atom. The van der Waals surface area contributed by atoms with Crippen molar-refractivity contribution in [2.75, 3.05) is 11.9 Å². The maximum absolute atomic E-state index is 14.0. The number of para-hydroxylation sites is 1. The lowest BCUT2D eigenvalue weighted by Crippen LogP contribution is -2.53. The van der Waals surface area contributed by atoms with Crippen molar-refractivity contribution >= 4 is 39.3 Å². The molecule has 0 aliphatic carbocycles. The van der Waals surface area contributed by atoms with Crippen molar-refractivity contribution in [2.45, 2.75) is 50.7 Å². The van der Waals surface area contributed by atoms with Gasteiger partial charge in [0.2, 0.25) is 5.91 Å². The highest BCUT2D eigenvalue weighted by Crippen LogP contribution is 2.46. The van der Waals surface area contributed by atoms with E-state index < -0.39 is 23.4 Å². The van der Waals surface area contributed by atoms with Crippen LogP contribution >= 0.6 is 15.9 Å². The van der Waals surface area contributed by atoms with E-state index in [4.69, 9.17) is 0 Å². The zero-order valence-corrected chi connectivity index (χ0v) is 20.6. The molecule has 5 rings (SSSR count). The minimum atomic E-state index is -0.947. The van der Waals surface area contributed by atoms with Gasteiger partial charge in [0.25, 0.3) is 11.8 Å². The van der Waals surface area contributed by atoms with Crippen LogP contribution in [-0.4, -0.2) is 46.1 Å². The number of likely N-dealkylation sites (tertiary alicyclic amines) is 1. The summed E-state index contributed by atoms with van der Waals surface area (Å²) in [6.45, 7) is 4.61. The van der Waals surface area contributed by atoms with E-state index >= 15 is 0 Å². The molecule has 3 heterocycles. The third-order valence-electron chi connectivity index (χ3n) is 7.15. The molecule has 3 aliphatic heterocycles. The first-order chi connectivity index (χ1) is 16.3. The summed E-state index contributed by atoms with van der Waals surface area (Å²) in [4.78, 5) is 43.8. The minimum absolute atomic E-state index is 0.110. The molecule has 34 heavy (non-hydrogen) atoms. The van der Waals surface area contributed by atoms with Crippen LogP contribution in [0.25, 0.3) is 0 Å². The average Bonchev–Trinajstić information content (AvgIpc) is 3.44. The second-order valence-electron chi connectivity index (χ2n) is 9.72. The second-order valence-corrected chi connectivity index (χ2v) is 10.6. The Morgan fingerprint density at radius 1 is 1.26 bits per heavy atom. The van der Waals surface area contributed by atoms with Crippen molar-refractivity contribution in [2.24, 2.45) is 5.92 Å². The van der Waals surface area contributed by atoms with Crippen LogP contribution in [0.3, 0.4) is 0 Å². The van der Waals surface area contributed by atoms with Gasteiger partial charge in [-0.3, -0.25) is 19.3 Å². The van der Waals surface area contributed by atoms with Gasteiger partial charge in [0.05, 0.1) is 11.5 Å². The van der Waals surface area contributed by atoms with Crippen molar-refractivity contribution in [3.63, 3.8) is 0 Å². The molecule has 0 aromatic heterocycles. The second kappa shape index (κ2) is 8.24. The molecule has 2 aromatic carbocycles. The van der Waals surface area contributed by atoms with Gasteiger partial charge in [-0.15, -0.1) is 0 Å². The molecule has 1 fully saturated rings. The van der Waals surface area contributed by atoms with Gasteiger partial charge >= 0.3 is 0 Å². The van der Waals surface area contributed by atoms with E-state index in [9.17, 15) is 19.6 Å². The number of carbonyl (C=O) groups is 3. The summed E-state index contributed by atoms with van der Waals surface area (Å²) in [6, 6.07) is 13.5. The number of benzene rings is 2. The molecule has 0 saturated carbocycles. The van der Waals surface area contributed by atoms with Crippen LogP contribution in [0.1, 0.15) is 48.2 Å². The number of nitrogens with one attached hydrogen (secondary N) is 1. The Hall–Kier alpha value is -3.18. The van der Waals surface area contributed by atoms with Crippen molar-refractivity contribution < 1.29 is 14.4 Å². The molecular formula is C26H25BrN4O3. The summed E-state index contributed by atoms with van der Waals surface area (Å²) in [5.41, 5.74) is 2.15. The molecule has 7 nitrogen and oxygen atoms in total. The fraction of sp³-hybridized carbons (Fsp3) is 0.385. The van der Waals surface area contributed by atoms with Gasteiger partial charge in [0.15, 0.2) is 0 Å². The fourth-order valence-electron chi connectivity index (χ4n) is 5.54. The van der Waals surface area contributed by atoms with E-state index in [1.165, 1.54) is 0 Å². The lowest BCUT2D eigenvalue weighted by Gasteiger charge is -2.32. The highest BCUT2D eigenvalue weighted by atomic mass is 79.9. The number of hydrogen-bond donors (Lipinski definition) is 1. The number of halogens is 1. The van der Waals surface area contributed by atoms with Crippen molar-refractivity contribution in [3.8, 4) is 6.07 Å². The summed E-state index contributed by atoms with van der Waals surface area (Å²) in [5, 5.41) is 13.2. The molecule has 1 spiro atoms. The quantitative estimate of drug-likeness (QED) is 0.660. The van der Waals surface area contributed by atoms with Gasteiger partial charge in [-0.25, -0.2) is 0 Å². The number of nitrogens with zero attached hydrogens (tertiary/aromatic N) is 3. The summed E-state index contributed by atoms with van der Waals surface area (Å²) in [6.07, 6.45) is 0.650. The van der Waals surface area contributed by atoms with Crippen LogP contribution in [0.2, 0.25) is 0 Å². The molecule has 0 unspecified atom stereocenters. The third-order valence-corrected chi connectivity index (χ3v) is 7.64. The molecule has 3 amide bonds. The van der Waals surface area contributed by atoms with Gasteiger partial charge < -0.3 is 10.2 Å². The Labute approximate surface area is 206 Å². The van der Waals surface area contributed by atoms with Crippen molar-refractivity contribution in [1.82, 2.24) is 9.80 Å². The van der Waals surface area contributed by atoms with E-state index in [0.29, 0.717) is 25.1 Å². The number of hydrogen-bond acceptors (Lipinski definition) is 5. The van der Waals surface area contributed by atoms with Crippen LogP contribution in [0.15, 0.2) is 46.9 Å². The van der Waals surface area contributed by atoms with E-state index in [1.807, 2.05) is 50.2 Å². The van der Waals surface area contributed by atoms with E-state index in [0.717, 1.165) is 26.2 Å². The summed E-state index contributed by atoms with van der Waals surface area (Å²) < 4.78 is 0.862. The molecule has 8 heteroatoms. The van der Waals surface area contributed by atoms with Gasteiger partial charge in [0.1, 0.15) is 12.1 Å². The topological polar surface area (TPSA) is 93.5 Å². The first kappa shape index (κ1) is 22.6. The SMILES string of the molecule is CC(C)C[C@@H](C(=O)N1C(=O)[C@]2(CNc3ccccc32)C[C@H]1C#N)N1Cc2cc(Br)ccc2C1=O. The number of amides is 3. The smallest absolute Gasteiger partial charge is 0.255 e. The van der Waals surface area contributed by atoms with Crippen LogP contribution in [0, 0.1) is 17.2 Å². The fourth-order valence-corrected chi connectivity index (χ4v) is 5.95. The number of carbonyl (C=O) groups excluding carboxylic acids is 3. The Balaban J connectivity index is 1.50. The Morgan fingerprint density at radius 3 is 2.76 bits per heavy atom. The molecule has 1 N–H and O–H groups in total. The Bertz CT molecular complexity index is 1250. The van der Waals surface area contributed by atoms with E-state index in [1.54, 1.807) is 11.0 Å². The molecule has 0 bridgehead atoms. The average molecular weight is 521 g/mol. The number of anilines is 1. The lowest BCUT2D eigenvalue weighted by molar-refractivity contribution is -0.148. The van der Waals surface area contributed by atoms with Crippen LogP contribution in [0.4, 0.5) is 5.69 Å². The summed E-state index contributed by atoms with van der Waals surface area (Å²) >= 11 is 3.45. The largest absolute Gasteiger partial charge is 0.383 e. The van der Waals surface area contributed by atoms with E-state index in [2.05, 4.69) is 27.3 Å². The number of fused-ring (bicyclic) bond motifs is 3. The van der Waals surface area contributed by atoms with Gasteiger partial charge in [-0.2, -0.15) is 5.26 Å². The summed E-state index contributed by atoms with van der Waals surface area (Å²) in [7, 11) is 0. The standard InChI is InChI=1S/C26H25BrN4O3/c1-15(2)9-22(30-13-16-10-17(27)7-8-19(16)23(30)32)24(33)31-18(12-28)11-26(25(31)34)14-29-21-6-4-3-5-20(21)26/h3-8,10,15,18,22,29H,9,11,13-14H2,1-2H3/t18-,22-,26-/m0/s1. The molecule has 2 aromatic rings. The molecule has 3 atom stereocenters. The molecule has 174 valence electrons. The normalized spacial score (nSPS) is 23.8. The maximum Gasteiger partial charge on any atom is 0.255 e. The zero-order chi connectivity index (χ0) is 24.2. The maximum atomic E-state index is 14.0. The highest BCUT2D eigenvalue weighted by molar-refractivity contribution is 9.10. The monoisotopic (exact) mass is 520 g/mol. The van der Waals surface area contributed by atoms with Gasteiger partial charge in [-0.1, -0.05) is 48.0 Å². The van der Waals surface area contributed by atoms with Gasteiger partial charge in [-0.05, 0) is 47.7 Å². The molecule has 3 aliphatic rings. The lowest BCUT2D eigenvalue weighted by atomic mass is 9.80. The molecule has 0 radical (unpaired) electrons. The van der Waals surface area contributed by atoms with Crippen LogP contribution in [0.5, 0.6) is 0 Å². The van der Waals surface area contributed by atoms with Crippen LogP contribution < -0.4 is 5.32 Å². The predicted molar refractivity (Wildman–Crippen MR) is 130 cm³/mol. The Kier molecular flexibility index (Phi) is 5.48. The predicted octanol–water partition coefficient (Wildman–Crippen LogP) is 3.83. The number of rotatable bonds is 4. The first-order valence-corrected chi connectivity index (χ1v) is 12.3. The number of imide groups is 1. The minimum Gasteiger partial charge on any atom is -0.383 e. The van der Waals surface area contributed by atoms with Crippen molar-refractivity contribution in [3.05, 3.63) is 63.6 Å². The van der Waals surface area contributed by atoms with Crippen LogP contribution in [-0.2, 0) is 21.5 Å². The van der Waals surface area contributed by atoms with Gasteiger partial charge in [0, 0.05) is 35.2 Å². The van der Waals surface area contributed by atoms with E-state index in [-0.39, 0.29) is 24.2 Å². The first-order valence-electron chi connectivity index (χ1n) is 11.5. The zero-order valence-electron chi connectivity index (χ0n) is 19.0. The molecule has 1 saturated heterocycles. The summed E-state index contributed by atoms with van der Waals surface area (Å²) in [5.74, 6) is -0.934.